The Balaban J connectivity index is 2.17. The number of hydrogen-bond acceptors (Lipinski definition) is 4. The van der Waals surface area contributed by atoms with Crippen molar-refractivity contribution in [3.8, 4) is 5.75 Å². The van der Waals surface area contributed by atoms with Gasteiger partial charge in [0.05, 0.1) is 6.04 Å². The summed E-state index contributed by atoms with van der Waals surface area (Å²) in [6.45, 7) is 5.72. The summed E-state index contributed by atoms with van der Waals surface area (Å²) in [5.74, 6) is -0.690. The lowest BCUT2D eigenvalue weighted by atomic mass is 9.95. The lowest BCUT2D eigenvalue weighted by Gasteiger charge is -2.30. The Morgan fingerprint density at radius 1 is 1.11 bits per heavy atom. The summed E-state index contributed by atoms with van der Waals surface area (Å²) >= 11 is 0. The minimum atomic E-state index is -0.806. The van der Waals surface area contributed by atoms with Crippen LogP contribution in [0.4, 0.5) is 0 Å². The molecule has 28 heavy (non-hydrogen) atoms. The topological polar surface area (TPSA) is 110 Å². The monoisotopic (exact) mass is 383 g/mol. The maximum absolute atomic E-state index is 13.0. The molecule has 2 amide bonds. The van der Waals surface area contributed by atoms with Gasteiger partial charge in [0, 0.05) is 6.54 Å². The first kappa shape index (κ1) is 21.4. The third kappa shape index (κ3) is 5.33. The normalized spacial score (nSPS) is 13.0. The largest absolute Gasteiger partial charge is 0.508 e. The number of nitrogens with zero attached hydrogens (tertiary/aromatic N) is 1. The molecule has 0 aromatic heterocycles. The van der Waals surface area contributed by atoms with E-state index in [1.807, 2.05) is 44.2 Å². The van der Waals surface area contributed by atoms with Gasteiger partial charge < -0.3 is 21.5 Å². The number of primary amides is 1. The number of rotatable bonds is 8. The summed E-state index contributed by atoms with van der Waals surface area (Å²) in [6.07, 6.45) is 0.929. The van der Waals surface area contributed by atoms with Crippen molar-refractivity contribution in [1.82, 2.24) is 4.90 Å². The van der Waals surface area contributed by atoms with Gasteiger partial charge in [0.25, 0.3) is 0 Å². The molecule has 0 heterocycles. The summed E-state index contributed by atoms with van der Waals surface area (Å²) < 4.78 is 0. The number of hydrogen-bond donors (Lipinski definition) is 3. The zero-order chi connectivity index (χ0) is 20.8. The summed E-state index contributed by atoms with van der Waals surface area (Å²) in [5.41, 5.74) is 15.4. The van der Waals surface area contributed by atoms with Crippen molar-refractivity contribution in [3.05, 3.63) is 64.7 Å². The minimum absolute atomic E-state index is 0.186. The van der Waals surface area contributed by atoms with Crippen LogP contribution in [0.3, 0.4) is 0 Å². The molecule has 5 N–H and O–H groups in total. The van der Waals surface area contributed by atoms with Crippen LogP contribution in [0.5, 0.6) is 5.75 Å². The highest BCUT2D eigenvalue weighted by atomic mass is 16.3. The van der Waals surface area contributed by atoms with Gasteiger partial charge >= 0.3 is 0 Å². The Morgan fingerprint density at radius 3 is 2.21 bits per heavy atom. The molecule has 2 aromatic carbocycles. The molecule has 2 rings (SSSR count). The molecule has 6 nitrogen and oxygen atoms in total. The van der Waals surface area contributed by atoms with Crippen molar-refractivity contribution < 1.29 is 14.7 Å². The van der Waals surface area contributed by atoms with Crippen LogP contribution in [0.25, 0.3) is 0 Å². The SMILES string of the molecule is Cc1cc(O)cc(C)c1C[C@H](N)C(=O)N(CCc1ccccc1)[C@H](C)C(N)=O. The molecular weight excluding hydrogens is 354 g/mol. The number of benzene rings is 2. The molecule has 0 saturated carbocycles. The Hall–Kier alpha value is -2.86. The van der Waals surface area contributed by atoms with Crippen molar-refractivity contribution in [3.63, 3.8) is 0 Å². The zero-order valence-corrected chi connectivity index (χ0v) is 16.7. The molecule has 0 aliphatic heterocycles. The second-order valence-corrected chi connectivity index (χ2v) is 7.21. The molecule has 0 spiro atoms. The fourth-order valence-electron chi connectivity index (χ4n) is 3.36. The molecule has 0 aliphatic rings. The number of amides is 2. The Bertz CT molecular complexity index is 813. The standard InChI is InChI=1S/C22H29N3O3/c1-14-11-18(26)12-15(2)19(14)13-20(23)22(28)25(16(3)21(24)27)10-9-17-7-5-4-6-8-17/h4-8,11-12,16,20,26H,9-10,13,23H2,1-3H3,(H2,24,27)/t16-,20+/m1/s1. The van der Waals surface area contributed by atoms with Crippen LogP contribution in [0.15, 0.2) is 42.5 Å². The predicted octanol–water partition coefficient (Wildman–Crippen LogP) is 1.82. The van der Waals surface area contributed by atoms with Crippen LogP contribution in [-0.2, 0) is 22.4 Å². The Morgan fingerprint density at radius 2 is 1.68 bits per heavy atom. The molecular formula is C22H29N3O3. The van der Waals surface area contributed by atoms with Crippen molar-refractivity contribution in [2.75, 3.05) is 6.54 Å². The third-order valence-electron chi connectivity index (χ3n) is 5.07. The van der Waals surface area contributed by atoms with E-state index >= 15 is 0 Å². The fraction of sp³-hybridized carbons (Fsp3) is 0.364. The summed E-state index contributed by atoms with van der Waals surface area (Å²) in [7, 11) is 0. The molecule has 0 aliphatic carbocycles. The van der Waals surface area contributed by atoms with E-state index in [4.69, 9.17) is 11.5 Å². The van der Waals surface area contributed by atoms with Gasteiger partial charge in [-0.05, 0) is 68.0 Å². The number of carbonyl (C=O) groups is 2. The van der Waals surface area contributed by atoms with Gasteiger partial charge in [-0.25, -0.2) is 0 Å². The molecule has 2 atom stereocenters. The zero-order valence-electron chi connectivity index (χ0n) is 16.7. The van der Waals surface area contributed by atoms with E-state index < -0.39 is 18.0 Å². The average Bonchev–Trinajstić information content (AvgIpc) is 2.64. The average molecular weight is 383 g/mol. The molecule has 0 radical (unpaired) electrons. The molecule has 0 unspecified atom stereocenters. The first-order chi connectivity index (χ1) is 13.2. The van der Waals surface area contributed by atoms with Crippen LogP contribution in [0, 0.1) is 13.8 Å². The second kappa shape index (κ2) is 9.37. The molecule has 150 valence electrons. The summed E-state index contributed by atoms with van der Waals surface area (Å²) in [6, 6.07) is 11.5. The highest BCUT2D eigenvalue weighted by Crippen LogP contribution is 2.22. The Kier molecular flexibility index (Phi) is 7.18. The van der Waals surface area contributed by atoms with Crippen LogP contribution in [0.2, 0.25) is 0 Å². The first-order valence-corrected chi connectivity index (χ1v) is 9.39. The van der Waals surface area contributed by atoms with E-state index in [0.29, 0.717) is 19.4 Å². The highest BCUT2D eigenvalue weighted by molar-refractivity contribution is 5.89. The minimum Gasteiger partial charge on any atom is -0.508 e. The van der Waals surface area contributed by atoms with Crippen molar-refractivity contribution in [2.24, 2.45) is 11.5 Å². The predicted molar refractivity (Wildman–Crippen MR) is 110 cm³/mol. The maximum Gasteiger partial charge on any atom is 0.240 e. The van der Waals surface area contributed by atoms with E-state index in [1.165, 1.54) is 4.90 Å². The lowest BCUT2D eigenvalue weighted by molar-refractivity contribution is -0.139. The van der Waals surface area contributed by atoms with Gasteiger partial charge in [-0.15, -0.1) is 0 Å². The molecule has 0 fully saturated rings. The van der Waals surface area contributed by atoms with Gasteiger partial charge in [0.1, 0.15) is 11.8 Å². The van der Waals surface area contributed by atoms with Gasteiger partial charge in [0.15, 0.2) is 0 Å². The fourth-order valence-corrected chi connectivity index (χ4v) is 3.36. The number of aryl methyl sites for hydroxylation is 2. The molecule has 0 saturated heterocycles. The summed E-state index contributed by atoms with van der Waals surface area (Å²) in [4.78, 5) is 26.3. The maximum atomic E-state index is 13.0. The van der Waals surface area contributed by atoms with Gasteiger partial charge in [-0.2, -0.15) is 0 Å². The Labute approximate surface area is 166 Å². The second-order valence-electron chi connectivity index (χ2n) is 7.21. The number of nitrogens with two attached hydrogens (primary N) is 2. The third-order valence-corrected chi connectivity index (χ3v) is 5.07. The summed E-state index contributed by atoms with van der Waals surface area (Å²) in [5, 5.41) is 9.70. The molecule has 2 aromatic rings. The van der Waals surface area contributed by atoms with Crippen LogP contribution in [0.1, 0.15) is 29.2 Å². The van der Waals surface area contributed by atoms with E-state index in [0.717, 1.165) is 22.3 Å². The van der Waals surface area contributed by atoms with Crippen LogP contribution in [-0.4, -0.2) is 40.4 Å². The molecule has 0 bridgehead atoms. The van der Waals surface area contributed by atoms with E-state index in [2.05, 4.69) is 0 Å². The van der Waals surface area contributed by atoms with E-state index in [1.54, 1.807) is 19.1 Å². The smallest absolute Gasteiger partial charge is 0.240 e. The van der Waals surface area contributed by atoms with Crippen LogP contribution < -0.4 is 11.5 Å². The lowest BCUT2D eigenvalue weighted by Crippen LogP contribution is -2.53. The number of phenolic OH excluding ortho intramolecular Hbond substituents is 1. The van der Waals surface area contributed by atoms with Gasteiger partial charge in [-0.3, -0.25) is 9.59 Å². The van der Waals surface area contributed by atoms with Gasteiger partial charge in [0.2, 0.25) is 11.8 Å². The number of phenols is 1. The first-order valence-electron chi connectivity index (χ1n) is 9.39. The van der Waals surface area contributed by atoms with Crippen molar-refractivity contribution in [1.29, 1.82) is 0 Å². The number of carbonyl (C=O) groups excluding carboxylic acids is 2. The highest BCUT2D eigenvalue weighted by Gasteiger charge is 2.28. The van der Waals surface area contributed by atoms with E-state index in [-0.39, 0.29) is 11.7 Å². The van der Waals surface area contributed by atoms with Crippen LogP contribution >= 0.6 is 0 Å². The van der Waals surface area contributed by atoms with Crippen molar-refractivity contribution >= 4 is 11.8 Å². The quantitative estimate of drug-likeness (QED) is 0.646. The number of aromatic hydroxyl groups is 1. The van der Waals surface area contributed by atoms with Crippen molar-refractivity contribution in [2.45, 2.75) is 45.7 Å². The molecule has 6 heteroatoms. The van der Waals surface area contributed by atoms with Gasteiger partial charge in [-0.1, -0.05) is 30.3 Å². The van der Waals surface area contributed by atoms with E-state index in [9.17, 15) is 14.7 Å².